The van der Waals surface area contributed by atoms with E-state index in [-0.39, 0.29) is 0 Å². The number of nitrogens with zero attached hydrogens (tertiary/aromatic N) is 1. The van der Waals surface area contributed by atoms with Crippen molar-refractivity contribution in [3.63, 3.8) is 0 Å². The molecule has 3 nitrogen and oxygen atoms in total. The van der Waals surface area contributed by atoms with E-state index in [2.05, 4.69) is 40.5 Å². The molecule has 1 aliphatic heterocycles. The van der Waals surface area contributed by atoms with Gasteiger partial charge in [0.2, 0.25) is 0 Å². The van der Waals surface area contributed by atoms with Crippen LogP contribution in [0.2, 0.25) is 0 Å². The van der Waals surface area contributed by atoms with Gasteiger partial charge in [-0.15, -0.1) is 0 Å². The summed E-state index contributed by atoms with van der Waals surface area (Å²) in [7, 11) is 0. The molecule has 110 valence electrons. The van der Waals surface area contributed by atoms with E-state index >= 15 is 0 Å². The van der Waals surface area contributed by atoms with Gasteiger partial charge in [0.05, 0.1) is 0 Å². The lowest BCUT2D eigenvalue weighted by Crippen LogP contribution is -2.41. The first-order valence-electron chi connectivity index (χ1n) is 7.61. The number of hydrogen-bond acceptors (Lipinski definition) is 3. The second kappa shape index (κ2) is 6.64. The number of benzene rings is 2. The van der Waals surface area contributed by atoms with E-state index < -0.39 is 0 Å². The molecule has 1 atom stereocenters. The zero-order valence-corrected chi connectivity index (χ0v) is 12.2. The Balaban J connectivity index is 1.57. The molecule has 0 radical (unpaired) electrons. The smallest absolute Gasteiger partial charge is 0.115 e. The zero-order chi connectivity index (χ0) is 14.5. The Morgan fingerprint density at radius 1 is 1.05 bits per heavy atom. The predicted molar refractivity (Wildman–Crippen MR) is 86.5 cm³/mol. The Hall–Kier alpha value is -2.00. The molecule has 2 N–H and O–H groups in total. The zero-order valence-electron chi connectivity index (χ0n) is 12.2. The fourth-order valence-electron chi connectivity index (χ4n) is 2.95. The molecule has 2 aromatic rings. The van der Waals surface area contributed by atoms with E-state index in [0.29, 0.717) is 11.8 Å². The Morgan fingerprint density at radius 3 is 2.57 bits per heavy atom. The van der Waals surface area contributed by atoms with Crippen molar-refractivity contribution in [2.45, 2.75) is 25.4 Å². The number of phenols is 1. The minimum absolute atomic E-state index is 0.315. The van der Waals surface area contributed by atoms with Gasteiger partial charge in [-0.1, -0.05) is 30.3 Å². The number of hydrogen-bond donors (Lipinski definition) is 2. The average molecular weight is 282 g/mol. The van der Waals surface area contributed by atoms with Crippen LogP contribution >= 0.6 is 0 Å². The van der Waals surface area contributed by atoms with Gasteiger partial charge in [0.25, 0.3) is 0 Å². The van der Waals surface area contributed by atoms with Gasteiger partial charge >= 0.3 is 0 Å². The Kier molecular flexibility index (Phi) is 4.41. The van der Waals surface area contributed by atoms with Crippen LogP contribution in [0.15, 0.2) is 54.6 Å². The minimum Gasteiger partial charge on any atom is -0.508 e. The maximum absolute atomic E-state index is 9.33. The predicted octanol–water partition coefficient (Wildman–Crippen LogP) is 3.47. The molecule has 1 aliphatic rings. The largest absolute Gasteiger partial charge is 0.508 e. The van der Waals surface area contributed by atoms with Gasteiger partial charge in [-0.2, -0.15) is 0 Å². The van der Waals surface area contributed by atoms with Gasteiger partial charge in [0.15, 0.2) is 0 Å². The topological polar surface area (TPSA) is 35.5 Å². The number of rotatable bonds is 4. The summed E-state index contributed by atoms with van der Waals surface area (Å²) in [6.45, 7) is 3.26. The molecule has 3 heteroatoms. The first-order chi connectivity index (χ1) is 10.3. The van der Waals surface area contributed by atoms with Crippen LogP contribution in [0.3, 0.4) is 0 Å². The summed E-state index contributed by atoms with van der Waals surface area (Å²) < 4.78 is 0. The molecule has 1 saturated heterocycles. The van der Waals surface area contributed by atoms with Crippen LogP contribution < -0.4 is 5.32 Å². The first kappa shape index (κ1) is 14.0. The Labute approximate surface area is 126 Å². The van der Waals surface area contributed by atoms with Gasteiger partial charge in [-0.25, -0.2) is 0 Å². The van der Waals surface area contributed by atoms with E-state index in [1.807, 2.05) is 12.1 Å². The van der Waals surface area contributed by atoms with E-state index in [1.54, 1.807) is 12.1 Å². The van der Waals surface area contributed by atoms with Crippen LogP contribution in [0.25, 0.3) is 0 Å². The van der Waals surface area contributed by atoms with Crippen LogP contribution in [-0.2, 0) is 6.54 Å². The summed E-state index contributed by atoms with van der Waals surface area (Å²) in [6.07, 6.45) is 2.43. The van der Waals surface area contributed by atoms with Crippen LogP contribution in [0, 0.1) is 0 Å². The van der Waals surface area contributed by atoms with Gasteiger partial charge in [-0.3, -0.25) is 4.90 Å². The Bertz CT molecular complexity index is 553. The monoisotopic (exact) mass is 282 g/mol. The SMILES string of the molecule is Oc1ccc(NC2CCCN(Cc3ccccc3)C2)cc1. The molecule has 0 spiro atoms. The number of nitrogens with one attached hydrogen (secondary N) is 1. The lowest BCUT2D eigenvalue weighted by molar-refractivity contribution is 0.208. The standard InChI is InChI=1S/C18H22N2O/c21-18-10-8-16(9-11-18)19-17-7-4-12-20(14-17)13-15-5-2-1-3-6-15/h1-3,5-6,8-11,17,19,21H,4,7,12-14H2. The van der Waals surface area contributed by atoms with Crippen LogP contribution in [0.5, 0.6) is 5.75 Å². The third-order valence-electron chi connectivity index (χ3n) is 3.99. The van der Waals surface area contributed by atoms with Crippen LogP contribution in [0.1, 0.15) is 18.4 Å². The molecule has 2 aromatic carbocycles. The second-order valence-electron chi connectivity index (χ2n) is 5.75. The first-order valence-corrected chi connectivity index (χ1v) is 7.61. The van der Waals surface area contributed by atoms with Crippen molar-refractivity contribution >= 4 is 5.69 Å². The van der Waals surface area contributed by atoms with Crippen LogP contribution in [0.4, 0.5) is 5.69 Å². The molecule has 3 rings (SSSR count). The van der Waals surface area contributed by atoms with Crippen LogP contribution in [-0.4, -0.2) is 29.1 Å². The third kappa shape index (κ3) is 3.99. The highest BCUT2D eigenvalue weighted by Gasteiger charge is 2.19. The molecule has 0 bridgehead atoms. The summed E-state index contributed by atoms with van der Waals surface area (Å²) in [4.78, 5) is 2.51. The van der Waals surface area contributed by atoms with Crippen molar-refractivity contribution in [2.75, 3.05) is 18.4 Å². The lowest BCUT2D eigenvalue weighted by atomic mass is 10.0. The van der Waals surface area contributed by atoms with Crippen molar-refractivity contribution in [3.8, 4) is 5.75 Å². The number of anilines is 1. The molecule has 0 aromatic heterocycles. The molecule has 0 aliphatic carbocycles. The van der Waals surface area contributed by atoms with E-state index in [0.717, 1.165) is 18.8 Å². The summed E-state index contributed by atoms with van der Waals surface area (Å²) in [6, 6.07) is 18.5. The average Bonchev–Trinajstić information content (AvgIpc) is 2.51. The molecule has 1 unspecified atom stereocenters. The third-order valence-corrected chi connectivity index (χ3v) is 3.99. The molecule has 1 fully saturated rings. The molecule has 0 amide bonds. The van der Waals surface area contributed by atoms with Gasteiger partial charge in [-0.05, 0) is 49.2 Å². The number of phenolic OH excluding ortho intramolecular Hbond substituents is 1. The van der Waals surface area contributed by atoms with Gasteiger partial charge in [0, 0.05) is 24.8 Å². The number of piperidine rings is 1. The maximum Gasteiger partial charge on any atom is 0.115 e. The number of aromatic hydroxyl groups is 1. The summed E-state index contributed by atoms with van der Waals surface area (Å²) in [5, 5.41) is 12.9. The van der Waals surface area contributed by atoms with Crippen molar-refractivity contribution < 1.29 is 5.11 Å². The van der Waals surface area contributed by atoms with E-state index in [4.69, 9.17) is 0 Å². The highest BCUT2D eigenvalue weighted by atomic mass is 16.3. The van der Waals surface area contributed by atoms with Crippen molar-refractivity contribution in [3.05, 3.63) is 60.2 Å². The minimum atomic E-state index is 0.315. The highest BCUT2D eigenvalue weighted by Crippen LogP contribution is 2.19. The second-order valence-corrected chi connectivity index (χ2v) is 5.75. The van der Waals surface area contributed by atoms with Crippen molar-refractivity contribution in [1.82, 2.24) is 4.90 Å². The fourth-order valence-corrected chi connectivity index (χ4v) is 2.95. The Morgan fingerprint density at radius 2 is 1.81 bits per heavy atom. The van der Waals surface area contributed by atoms with E-state index in [1.165, 1.54) is 24.9 Å². The summed E-state index contributed by atoms with van der Waals surface area (Å²) in [5.41, 5.74) is 2.46. The molecule has 1 heterocycles. The normalized spacial score (nSPS) is 19.3. The quantitative estimate of drug-likeness (QED) is 0.843. The summed E-state index contributed by atoms with van der Waals surface area (Å²) >= 11 is 0. The lowest BCUT2D eigenvalue weighted by Gasteiger charge is -2.33. The highest BCUT2D eigenvalue weighted by molar-refractivity contribution is 5.46. The van der Waals surface area contributed by atoms with Gasteiger partial charge in [0.1, 0.15) is 5.75 Å². The number of likely N-dealkylation sites (tertiary alicyclic amines) is 1. The summed E-state index contributed by atoms with van der Waals surface area (Å²) in [5.74, 6) is 0.315. The molecular formula is C18H22N2O. The van der Waals surface area contributed by atoms with Gasteiger partial charge < -0.3 is 10.4 Å². The fraction of sp³-hybridized carbons (Fsp3) is 0.333. The molecule has 21 heavy (non-hydrogen) atoms. The molecular weight excluding hydrogens is 260 g/mol. The van der Waals surface area contributed by atoms with Crippen molar-refractivity contribution in [2.24, 2.45) is 0 Å². The maximum atomic E-state index is 9.33. The molecule has 0 saturated carbocycles. The van der Waals surface area contributed by atoms with E-state index in [9.17, 15) is 5.11 Å². The van der Waals surface area contributed by atoms with Crippen molar-refractivity contribution in [1.29, 1.82) is 0 Å².